The second-order valence-electron chi connectivity index (χ2n) is 12.2. The molecule has 1 saturated heterocycles. The van der Waals surface area contributed by atoms with Gasteiger partial charge in [-0.1, -0.05) is 72.4 Å². The third-order valence-corrected chi connectivity index (χ3v) is 10.1. The van der Waals surface area contributed by atoms with Crippen molar-refractivity contribution >= 4 is 34.8 Å². The summed E-state index contributed by atoms with van der Waals surface area (Å²) in [5.74, 6) is 1.41. The number of likely N-dealkylation sites (tertiary alicyclic amines) is 1. The summed E-state index contributed by atoms with van der Waals surface area (Å²) in [6.45, 7) is 1.87. The Labute approximate surface area is 258 Å². The number of fused-ring (bicyclic) bond motifs is 2. The van der Waals surface area contributed by atoms with Gasteiger partial charge in [0.25, 0.3) is 0 Å². The van der Waals surface area contributed by atoms with Crippen molar-refractivity contribution in [2.24, 2.45) is 11.8 Å². The van der Waals surface area contributed by atoms with E-state index in [2.05, 4.69) is 40.6 Å². The van der Waals surface area contributed by atoms with Crippen molar-refractivity contribution in [1.82, 2.24) is 4.90 Å². The first-order chi connectivity index (χ1) is 20.4. The number of amides is 1. The van der Waals surface area contributed by atoms with E-state index in [4.69, 9.17) is 27.9 Å². The highest BCUT2D eigenvalue weighted by atomic mass is 35.5. The third-order valence-electron chi connectivity index (χ3n) is 9.65. The van der Waals surface area contributed by atoms with E-state index in [0.717, 1.165) is 54.5 Å². The molecule has 6 rings (SSSR count). The summed E-state index contributed by atoms with van der Waals surface area (Å²) in [5.41, 5.74) is 3.78. The molecule has 1 heterocycles. The maximum absolute atomic E-state index is 13.0. The monoisotopic (exact) mass is 601 g/mol. The smallest absolute Gasteiger partial charge is 0.250 e. The average Bonchev–Trinajstić information content (AvgIpc) is 2.99. The van der Waals surface area contributed by atoms with E-state index in [1.807, 2.05) is 24.3 Å². The number of ether oxygens (including phenoxy) is 1. The van der Waals surface area contributed by atoms with Crippen LogP contribution in [-0.2, 0) is 15.1 Å². The topological polar surface area (TPSA) is 65.4 Å². The van der Waals surface area contributed by atoms with Gasteiger partial charge in [0, 0.05) is 34.9 Å². The average molecular weight is 603 g/mol. The standard InChI is InChI=1S/C35H37Cl2N3O2/c36-30-19-31(37)21-32(20-30)39-33(41)23-42-35(29-12-10-25(11-13-29)28-9-1-4-24(18-28)22-38)14-16-40(17-15-35)34-26-5-2-6-27(34)8-3-7-26/h1,4,9-13,18-21,26-27,34H,2-3,5-8,14-17,23H2,(H,39,41). The fourth-order valence-electron chi connectivity index (χ4n) is 7.70. The molecule has 0 spiro atoms. The van der Waals surface area contributed by atoms with Gasteiger partial charge in [-0.15, -0.1) is 0 Å². The predicted molar refractivity (Wildman–Crippen MR) is 169 cm³/mol. The molecule has 3 aliphatic rings. The predicted octanol–water partition coefficient (Wildman–Crippen LogP) is 8.45. The zero-order valence-corrected chi connectivity index (χ0v) is 25.3. The first-order valence-electron chi connectivity index (χ1n) is 15.2. The molecule has 7 heteroatoms. The minimum Gasteiger partial charge on any atom is -0.360 e. The molecule has 1 N–H and O–H groups in total. The number of hydrogen-bond donors (Lipinski definition) is 1. The first-order valence-corrected chi connectivity index (χ1v) is 15.9. The van der Waals surface area contributed by atoms with Crippen molar-refractivity contribution in [2.75, 3.05) is 25.0 Å². The van der Waals surface area contributed by atoms with Crippen molar-refractivity contribution in [3.8, 4) is 17.2 Å². The SMILES string of the molecule is N#Cc1cccc(-c2ccc(C3(OCC(=O)Nc4cc(Cl)cc(Cl)c4)CCN(C4C5CCCC4CCC5)CC3)cc2)c1. The van der Waals surface area contributed by atoms with Crippen molar-refractivity contribution in [2.45, 2.75) is 63.0 Å². The highest BCUT2D eigenvalue weighted by molar-refractivity contribution is 6.35. The Hall–Kier alpha value is -2.88. The summed E-state index contributed by atoms with van der Waals surface area (Å²) in [7, 11) is 0. The number of nitrogens with zero attached hydrogens (tertiary/aromatic N) is 2. The molecule has 218 valence electrons. The Morgan fingerprint density at radius 2 is 1.55 bits per heavy atom. The lowest BCUT2D eigenvalue weighted by Crippen LogP contribution is -2.55. The third kappa shape index (κ3) is 6.38. The van der Waals surface area contributed by atoms with Crippen molar-refractivity contribution in [1.29, 1.82) is 5.26 Å². The molecule has 5 nitrogen and oxygen atoms in total. The molecule has 3 fully saturated rings. The van der Waals surface area contributed by atoms with Gasteiger partial charge in [-0.05, 0) is 97.4 Å². The lowest BCUT2D eigenvalue weighted by Gasteiger charge is -2.52. The number of benzene rings is 3. The van der Waals surface area contributed by atoms with E-state index in [1.165, 1.54) is 38.5 Å². The molecule has 2 bridgehead atoms. The summed E-state index contributed by atoms with van der Waals surface area (Å²) in [4.78, 5) is 15.8. The Bertz CT molecular complexity index is 1420. The van der Waals surface area contributed by atoms with E-state index >= 15 is 0 Å². The molecule has 0 unspecified atom stereocenters. The molecule has 0 aromatic heterocycles. The van der Waals surface area contributed by atoms with Crippen LogP contribution >= 0.6 is 23.2 Å². The van der Waals surface area contributed by atoms with Crippen LogP contribution in [0, 0.1) is 23.2 Å². The van der Waals surface area contributed by atoms with E-state index in [-0.39, 0.29) is 12.5 Å². The van der Waals surface area contributed by atoms with Gasteiger partial charge >= 0.3 is 0 Å². The van der Waals surface area contributed by atoms with E-state index in [1.54, 1.807) is 18.2 Å². The Morgan fingerprint density at radius 1 is 0.905 bits per heavy atom. The molecule has 0 atom stereocenters. The number of rotatable bonds is 7. The first kappa shape index (κ1) is 29.2. The molecular weight excluding hydrogens is 565 g/mol. The fourth-order valence-corrected chi connectivity index (χ4v) is 8.22. The number of halogens is 2. The molecule has 3 aromatic carbocycles. The van der Waals surface area contributed by atoms with E-state index < -0.39 is 5.60 Å². The van der Waals surface area contributed by atoms with Crippen molar-refractivity contribution in [3.05, 3.63) is 87.9 Å². The number of nitriles is 1. The minimum absolute atomic E-state index is 0.0647. The lowest BCUT2D eigenvalue weighted by molar-refractivity contribution is -0.138. The Kier molecular flexibility index (Phi) is 8.88. The highest BCUT2D eigenvalue weighted by Gasteiger charge is 2.44. The summed E-state index contributed by atoms with van der Waals surface area (Å²) in [5, 5.41) is 13.2. The molecule has 1 amide bonds. The van der Waals surface area contributed by atoms with Gasteiger partial charge in [-0.3, -0.25) is 9.69 Å². The number of carbonyl (C=O) groups is 1. The summed E-state index contributed by atoms with van der Waals surface area (Å²) in [6.07, 6.45) is 9.88. The Morgan fingerprint density at radius 3 is 2.17 bits per heavy atom. The number of anilines is 1. The molecule has 1 aliphatic heterocycles. The number of hydrogen-bond acceptors (Lipinski definition) is 4. The molecule has 0 radical (unpaired) electrons. The zero-order chi connectivity index (χ0) is 29.1. The van der Waals surface area contributed by atoms with Gasteiger partial charge in [0.2, 0.25) is 5.91 Å². The summed E-state index contributed by atoms with van der Waals surface area (Å²) < 4.78 is 6.62. The maximum Gasteiger partial charge on any atom is 0.250 e. The largest absolute Gasteiger partial charge is 0.360 e. The van der Waals surface area contributed by atoms with Crippen LogP contribution < -0.4 is 5.32 Å². The van der Waals surface area contributed by atoms with Crippen LogP contribution in [-0.4, -0.2) is 36.5 Å². The lowest BCUT2D eigenvalue weighted by atomic mass is 9.67. The minimum atomic E-state index is -0.559. The Balaban J connectivity index is 1.21. The van der Waals surface area contributed by atoms with Crippen LogP contribution in [0.1, 0.15) is 62.5 Å². The second-order valence-corrected chi connectivity index (χ2v) is 13.0. The van der Waals surface area contributed by atoms with Gasteiger partial charge in [0.05, 0.1) is 17.2 Å². The van der Waals surface area contributed by atoms with Crippen LogP contribution in [0.2, 0.25) is 10.0 Å². The van der Waals surface area contributed by atoms with Crippen LogP contribution in [0.3, 0.4) is 0 Å². The van der Waals surface area contributed by atoms with Crippen molar-refractivity contribution < 1.29 is 9.53 Å². The van der Waals surface area contributed by atoms with E-state index in [0.29, 0.717) is 27.3 Å². The number of piperidine rings is 1. The fraction of sp³-hybridized carbons (Fsp3) is 0.429. The van der Waals surface area contributed by atoms with Crippen molar-refractivity contribution in [3.63, 3.8) is 0 Å². The quantitative estimate of drug-likeness (QED) is 0.295. The second kappa shape index (κ2) is 12.8. The normalized spacial score (nSPS) is 23.6. The van der Waals surface area contributed by atoms with Crippen LogP contribution in [0.4, 0.5) is 5.69 Å². The molecule has 2 aliphatic carbocycles. The van der Waals surface area contributed by atoms with E-state index in [9.17, 15) is 10.1 Å². The zero-order valence-electron chi connectivity index (χ0n) is 23.8. The number of carbonyl (C=O) groups excluding carboxylic acids is 1. The number of nitrogens with one attached hydrogen (secondary N) is 1. The van der Waals surface area contributed by atoms with Crippen LogP contribution in [0.5, 0.6) is 0 Å². The van der Waals surface area contributed by atoms with Crippen LogP contribution in [0.25, 0.3) is 11.1 Å². The summed E-state index contributed by atoms with van der Waals surface area (Å²) in [6, 6.07) is 24.0. The molecule has 3 aromatic rings. The molecule has 2 saturated carbocycles. The van der Waals surface area contributed by atoms with Gasteiger partial charge in [-0.2, -0.15) is 5.26 Å². The van der Waals surface area contributed by atoms with Gasteiger partial charge in [0.15, 0.2) is 0 Å². The van der Waals surface area contributed by atoms with Gasteiger partial charge in [0.1, 0.15) is 6.61 Å². The van der Waals surface area contributed by atoms with Gasteiger partial charge < -0.3 is 10.1 Å². The molecule has 42 heavy (non-hydrogen) atoms. The molecular formula is C35H37Cl2N3O2. The van der Waals surface area contributed by atoms with Gasteiger partial charge in [-0.25, -0.2) is 0 Å². The summed E-state index contributed by atoms with van der Waals surface area (Å²) >= 11 is 12.3. The maximum atomic E-state index is 13.0. The highest BCUT2D eigenvalue weighted by Crippen LogP contribution is 2.46. The van der Waals surface area contributed by atoms with Crippen LogP contribution in [0.15, 0.2) is 66.7 Å².